The number of aliphatic hydroxyl groups is 2. The molecule has 21 heavy (non-hydrogen) atoms. The lowest BCUT2D eigenvalue weighted by Gasteiger charge is -2.32. The van der Waals surface area contributed by atoms with E-state index >= 15 is 0 Å². The smallest absolute Gasteiger partial charge is 0.161 e. The van der Waals surface area contributed by atoms with Crippen LogP contribution in [-0.4, -0.2) is 50.8 Å². The molecule has 0 amide bonds. The maximum Gasteiger partial charge on any atom is 0.161 e. The lowest BCUT2D eigenvalue weighted by Crippen LogP contribution is -2.38. The van der Waals surface area contributed by atoms with Crippen molar-refractivity contribution in [3.63, 3.8) is 0 Å². The average molecular weight is 292 g/mol. The number of aromatic nitrogens is 1. The van der Waals surface area contributed by atoms with Gasteiger partial charge in [-0.25, -0.2) is 0 Å². The molecule has 2 heterocycles. The van der Waals surface area contributed by atoms with Crippen LogP contribution < -0.4 is 0 Å². The molecular formula is C16H24N2O3. The van der Waals surface area contributed by atoms with Crippen molar-refractivity contribution in [1.29, 1.82) is 0 Å². The summed E-state index contributed by atoms with van der Waals surface area (Å²) in [4.78, 5) is 13.8. The molecule has 0 spiro atoms. The van der Waals surface area contributed by atoms with Gasteiger partial charge in [0.1, 0.15) is 0 Å². The van der Waals surface area contributed by atoms with E-state index in [9.17, 15) is 15.0 Å². The molecule has 1 saturated heterocycles. The summed E-state index contributed by atoms with van der Waals surface area (Å²) < 4.78 is 2.02. The Labute approximate surface area is 125 Å². The van der Waals surface area contributed by atoms with Crippen LogP contribution in [0.4, 0.5) is 0 Å². The largest absolute Gasteiger partial charge is 0.390 e. The first kappa shape index (κ1) is 14.8. The number of hydrogen-bond donors (Lipinski definition) is 2. The quantitative estimate of drug-likeness (QED) is 0.809. The molecule has 0 aromatic carbocycles. The highest BCUT2D eigenvalue weighted by molar-refractivity contribution is 5.94. The van der Waals surface area contributed by atoms with Crippen LogP contribution in [0.15, 0.2) is 12.3 Å². The molecule has 5 nitrogen and oxygen atoms in total. The highest BCUT2D eigenvalue weighted by Crippen LogP contribution is 2.37. The number of fused-ring (bicyclic) bond motifs is 1. The summed E-state index contributed by atoms with van der Waals surface area (Å²) >= 11 is 0. The van der Waals surface area contributed by atoms with Gasteiger partial charge in [0.2, 0.25) is 0 Å². The van der Waals surface area contributed by atoms with Crippen molar-refractivity contribution in [2.75, 3.05) is 13.1 Å². The Morgan fingerprint density at radius 1 is 1.24 bits per heavy atom. The van der Waals surface area contributed by atoms with Crippen molar-refractivity contribution in [3.8, 4) is 0 Å². The predicted molar refractivity (Wildman–Crippen MR) is 78.9 cm³/mol. The van der Waals surface area contributed by atoms with E-state index in [1.54, 1.807) is 6.92 Å². The fourth-order valence-corrected chi connectivity index (χ4v) is 3.82. The Balaban J connectivity index is 1.66. The van der Waals surface area contributed by atoms with Gasteiger partial charge < -0.3 is 14.8 Å². The molecule has 3 rings (SSSR count). The van der Waals surface area contributed by atoms with Crippen LogP contribution in [0.2, 0.25) is 0 Å². The molecule has 1 saturated carbocycles. The summed E-state index contributed by atoms with van der Waals surface area (Å²) in [6, 6.07) is 1.97. The number of nitrogens with zero attached hydrogens (tertiary/aromatic N) is 2. The SMILES string of the molecule is CC(=O)c1cc(CN2C[C@H]3C[C@H](O)[C@H](O)C[C@H]3C2)n(C)c1. The number of likely N-dealkylation sites (tertiary alicyclic amines) is 1. The number of aliphatic hydroxyl groups excluding tert-OH is 2. The summed E-state index contributed by atoms with van der Waals surface area (Å²) in [5.41, 5.74) is 1.90. The summed E-state index contributed by atoms with van der Waals surface area (Å²) in [7, 11) is 1.97. The highest BCUT2D eigenvalue weighted by Gasteiger charge is 2.41. The van der Waals surface area contributed by atoms with Gasteiger partial charge in [0.15, 0.2) is 5.78 Å². The minimum atomic E-state index is -0.564. The van der Waals surface area contributed by atoms with E-state index in [-0.39, 0.29) is 5.78 Å². The summed E-state index contributed by atoms with van der Waals surface area (Å²) in [5, 5.41) is 19.6. The molecular weight excluding hydrogens is 268 g/mol. The fraction of sp³-hybridized carbons (Fsp3) is 0.688. The van der Waals surface area contributed by atoms with E-state index < -0.39 is 12.2 Å². The van der Waals surface area contributed by atoms with Crippen molar-refractivity contribution >= 4 is 5.78 Å². The van der Waals surface area contributed by atoms with Gasteiger partial charge in [-0.15, -0.1) is 0 Å². The fourth-order valence-electron chi connectivity index (χ4n) is 3.82. The third kappa shape index (κ3) is 2.91. The minimum absolute atomic E-state index is 0.0955. The number of carbonyl (C=O) groups is 1. The molecule has 2 aliphatic rings. The second kappa shape index (κ2) is 5.55. The normalized spacial score (nSPS) is 33.1. The van der Waals surface area contributed by atoms with Gasteiger partial charge in [-0.2, -0.15) is 0 Å². The molecule has 0 unspecified atom stereocenters. The second-order valence-electron chi connectivity index (χ2n) is 6.71. The van der Waals surface area contributed by atoms with E-state index in [0.717, 1.165) is 30.9 Å². The number of aryl methyl sites for hydroxylation is 1. The number of ketones is 1. The monoisotopic (exact) mass is 292 g/mol. The van der Waals surface area contributed by atoms with E-state index in [0.29, 0.717) is 24.7 Å². The van der Waals surface area contributed by atoms with Gasteiger partial charge in [-0.3, -0.25) is 9.69 Å². The number of carbonyl (C=O) groups excluding carboxylic acids is 1. The van der Waals surface area contributed by atoms with Gasteiger partial charge in [-0.1, -0.05) is 0 Å². The first-order valence-corrected chi connectivity index (χ1v) is 7.68. The minimum Gasteiger partial charge on any atom is -0.390 e. The van der Waals surface area contributed by atoms with Gasteiger partial charge in [-0.05, 0) is 37.7 Å². The van der Waals surface area contributed by atoms with Crippen molar-refractivity contribution in [2.45, 2.75) is 38.5 Å². The zero-order valence-electron chi connectivity index (χ0n) is 12.7. The van der Waals surface area contributed by atoms with E-state index in [4.69, 9.17) is 0 Å². The standard InChI is InChI=1S/C16H24N2O3/c1-10(19)11-3-14(17(2)6-11)9-18-7-12-4-15(20)16(21)5-13(12)8-18/h3,6,12-13,15-16,20-21H,4-5,7-9H2,1-2H3/t12-,13+,15+,16-. The van der Waals surface area contributed by atoms with Gasteiger partial charge in [0.05, 0.1) is 12.2 Å². The number of Topliss-reactive ketones (excluding diaryl/α,β-unsaturated/α-hetero) is 1. The molecule has 1 aliphatic heterocycles. The maximum atomic E-state index is 11.4. The van der Waals surface area contributed by atoms with Gasteiger partial charge >= 0.3 is 0 Å². The Bertz CT molecular complexity index is 522. The Morgan fingerprint density at radius 2 is 1.81 bits per heavy atom. The van der Waals surface area contributed by atoms with Crippen molar-refractivity contribution in [3.05, 3.63) is 23.5 Å². The molecule has 4 atom stereocenters. The van der Waals surface area contributed by atoms with E-state index in [1.807, 2.05) is 23.9 Å². The summed E-state index contributed by atoms with van der Waals surface area (Å²) in [6.07, 6.45) is 2.16. The van der Waals surface area contributed by atoms with Crippen molar-refractivity contribution < 1.29 is 15.0 Å². The first-order chi connectivity index (χ1) is 9.94. The van der Waals surface area contributed by atoms with Crippen LogP contribution >= 0.6 is 0 Å². The molecule has 0 bridgehead atoms. The Morgan fingerprint density at radius 3 is 2.29 bits per heavy atom. The second-order valence-corrected chi connectivity index (χ2v) is 6.71. The third-order valence-corrected chi connectivity index (χ3v) is 5.08. The van der Waals surface area contributed by atoms with E-state index in [2.05, 4.69) is 4.90 Å². The molecule has 2 N–H and O–H groups in total. The molecule has 0 radical (unpaired) electrons. The number of hydrogen-bond acceptors (Lipinski definition) is 4. The molecule has 116 valence electrons. The van der Waals surface area contributed by atoms with Gasteiger partial charge in [0.25, 0.3) is 0 Å². The van der Waals surface area contributed by atoms with Crippen LogP contribution in [0.25, 0.3) is 0 Å². The Kier molecular flexibility index (Phi) is 3.90. The van der Waals surface area contributed by atoms with Gasteiger partial charge in [0, 0.05) is 44.1 Å². The highest BCUT2D eigenvalue weighted by atomic mass is 16.3. The van der Waals surface area contributed by atoms with Crippen LogP contribution in [0.3, 0.4) is 0 Å². The number of rotatable bonds is 3. The zero-order chi connectivity index (χ0) is 15.1. The topological polar surface area (TPSA) is 65.7 Å². The van der Waals surface area contributed by atoms with Crippen LogP contribution in [0.5, 0.6) is 0 Å². The molecule has 5 heteroatoms. The van der Waals surface area contributed by atoms with Crippen LogP contribution in [-0.2, 0) is 13.6 Å². The molecule has 1 aromatic heterocycles. The maximum absolute atomic E-state index is 11.4. The lowest BCUT2D eigenvalue weighted by molar-refractivity contribution is -0.0372. The van der Waals surface area contributed by atoms with Crippen LogP contribution in [0.1, 0.15) is 35.8 Å². The Hall–Kier alpha value is -1.17. The first-order valence-electron chi connectivity index (χ1n) is 7.68. The van der Waals surface area contributed by atoms with E-state index in [1.165, 1.54) is 0 Å². The summed E-state index contributed by atoms with van der Waals surface area (Å²) in [5.74, 6) is 1.06. The molecule has 2 fully saturated rings. The summed E-state index contributed by atoms with van der Waals surface area (Å²) in [6.45, 7) is 4.35. The third-order valence-electron chi connectivity index (χ3n) is 5.08. The van der Waals surface area contributed by atoms with Crippen LogP contribution in [0, 0.1) is 11.8 Å². The molecule has 1 aliphatic carbocycles. The lowest BCUT2D eigenvalue weighted by atomic mass is 9.79. The van der Waals surface area contributed by atoms with Crippen molar-refractivity contribution in [2.24, 2.45) is 18.9 Å². The molecule has 1 aromatic rings. The zero-order valence-corrected chi connectivity index (χ0v) is 12.7. The van der Waals surface area contributed by atoms with Crippen molar-refractivity contribution in [1.82, 2.24) is 9.47 Å². The average Bonchev–Trinajstić information content (AvgIpc) is 2.95. The predicted octanol–water partition coefficient (Wildman–Crippen LogP) is 0.791.